The largest absolute Gasteiger partial charge is 0.305 e. The molecule has 0 aromatic heterocycles. The molecule has 1 aromatic carbocycles. The maximum Gasteiger partial charge on any atom is 0.182 e. The number of benzene rings is 1. The number of likely N-dealkylation sites (N-methyl/N-ethyl adjacent to an activating group) is 1. The number of aryl methyl sites for hydroxylation is 1. The van der Waals surface area contributed by atoms with Gasteiger partial charge in [-0.05, 0) is 32.4 Å². The van der Waals surface area contributed by atoms with Crippen LogP contribution in [0.5, 0.6) is 0 Å². The van der Waals surface area contributed by atoms with Crippen LogP contribution in [-0.2, 0) is 6.42 Å². The molecule has 0 spiro atoms. The molecule has 1 N–H and O–H groups in total. The zero-order valence-electron chi connectivity index (χ0n) is 11.3. The SMILES string of the molecule is CCCc1ccc(C(=O)C(C)(C)NCC)cc1. The summed E-state index contributed by atoms with van der Waals surface area (Å²) in [5.41, 5.74) is 1.60. The minimum Gasteiger partial charge on any atom is -0.305 e. The van der Waals surface area contributed by atoms with Crippen molar-refractivity contribution in [2.24, 2.45) is 0 Å². The summed E-state index contributed by atoms with van der Waals surface area (Å²) in [4.78, 5) is 12.3. The molecule has 0 atom stereocenters. The summed E-state index contributed by atoms with van der Waals surface area (Å²) in [6.45, 7) is 8.83. The van der Waals surface area contributed by atoms with Crippen molar-refractivity contribution < 1.29 is 4.79 Å². The lowest BCUT2D eigenvalue weighted by Gasteiger charge is -2.24. The minimum absolute atomic E-state index is 0.155. The second-order valence-electron chi connectivity index (χ2n) is 4.93. The molecular weight excluding hydrogens is 210 g/mol. The first-order valence-electron chi connectivity index (χ1n) is 6.40. The Morgan fingerprint density at radius 1 is 1.18 bits per heavy atom. The van der Waals surface area contributed by atoms with Crippen molar-refractivity contribution in [3.8, 4) is 0 Å². The third-order valence-electron chi connectivity index (χ3n) is 2.94. The summed E-state index contributed by atoms with van der Waals surface area (Å²) in [6, 6.07) is 7.98. The molecule has 0 aliphatic carbocycles. The van der Waals surface area contributed by atoms with Crippen molar-refractivity contribution in [3.63, 3.8) is 0 Å². The molecule has 0 amide bonds. The van der Waals surface area contributed by atoms with E-state index in [-0.39, 0.29) is 5.78 Å². The predicted octanol–water partition coefficient (Wildman–Crippen LogP) is 3.21. The highest BCUT2D eigenvalue weighted by molar-refractivity contribution is 6.02. The van der Waals surface area contributed by atoms with Gasteiger partial charge in [0.05, 0.1) is 5.54 Å². The van der Waals surface area contributed by atoms with Gasteiger partial charge in [0, 0.05) is 5.56 Å². The van der Waals surface area contributed by atoms with Crippen LogP contribution >= 0.6 is 0 Å². The molecule has 0 bridgehead atoms. The van der Waals surface area contributed by atoms with Gasteiger partial charge in [-0.1, -0.05) is 44.5 Å². The summed E-state index contributed by atoms with van der Waals surface area (Å²) in [7, 11) is 0. The Morgan fingerprint density at radius 3 is 2.24 bits per heavy atom. The van der Waals surface area contributed by atoms with Gasteiger partial charge in [0.15, 0.2) is 5.78 Å². The molecule has 0 heterocycles. The van der Waals surface area contributed by atoms with Gasteiger partial charge in [-0.15, -0.1) is 0 Å². The quantitative estimate of drug-likeness (QED) is 0.764. The zero-order valence-corrected chi connectivity index (χ0v) is 11.3. The molecule has 0 saturated carbocycles. The zero-order chi connectivity index (χ0) is 12.9. The second kappa shape index (κ2) is 5.97. The lowest BCUT2D eigenvalue weighted by atomic mass is 9.92. The Bertz CT molecular complexity index is 365. The highest BCUT2D eigenvalue weighted by Gasteiger charge is 2.26. The average molecular weight is 233 g/mol. The van der Waals surface area contributed by atoms with E-state index in [2.05, 4.69) is 24.4 Å². The normalized spacial score (nSPS) is 11.5. The van der Waals surface area contributed by atoms with E-state index in [0.717, 1.165) is 24.9 Å². The maximum absolute atomic E-state index is 12.3. The molecular formula is C15H23NO. The maximum atomic E-state index is 12.3. The first-order chi connectivity index (χ1) is 8.01. The molecule has 17 heavy (non-hydrogen) atoms. The van der Waals surface area contributed by atoms with E-state index in [1.807, 2.05) is 32.9 Å². The molecule has 0 aliphatic rings. The molecule has 1 aromatic rings. The smallest absolute Gasteiger partial charge is 0.182 e. The summed E-state index contributed by atoms with van der Waals surface area (Å²) < 4.78 is 0. The molecule has 94 valence electrons. The van der Waals surface area contributed by atoms with E-state index in [4.69, 9.17) is 0 Å². The number of Topliss-reactive ketones (excluding diaryl/α,β-unsaturated/α-hetero) is 1. The van der Waals surface area contributed by atoms with Crippen LogP contribution in [0.1, 0.15) is 50.0 Å². The molecule has 2 heteroatoms. The average Bonchev–Trinajstić information content (AvgIpc) is 2.29. The van der Waals surface area contributed by atoms with Crippen molar-refractivity contribution in [2.45, 2.75) is 46.1 Å². The Morgan fingerprint density at radius 2 is 1.76 bits per heavy atom. The fourth-order valence-electron chi connectivity index (χ4n) is 1.99. The Kier molecular flexibility index (Phi) is 4.88. The number of nitrogens with one attached hydrogen (secondary N) is 1. The van der Waals surface area contributed by atoms with Crippen molar-refractivity contribution in [1.29, 1.82) is 0 Å². The van der Waals surface area contributed by atoms with E-state index in [0.29, 0.717) is 0 Å². The van der Waals surface area contributed by atoms with E-state index in [1.165, 1.54) is 5.56 Å². The van der Waals surface area contributed by atoms with Gasteiger partial charge in [0.25, 0.3) is 0 Å². The van der Waals surface area contributed by atoms with Crippen molar-refractivity contribution in [2.75, 3.05) is 6.54 Å². The number of hydrogen-bond acceptors (Lipinski definition) is 2. The van der Waals surface area contributed by atoms with Crippen LogP contribution in [-0.4, -0.2) is 17.9 Å². The van der Waals surface area contributed by atoms with Crippen molar-refractivity contribution in [3.05, 3.63) is 35.4 Å². The topological polar surface area (TPSA) is 29.1 Å². The predicted molar refractivity (Wildman–Crippen MR) is 72.5 cm³/mol. The Hall–Kier alpha value is -1.15. The first kappa shape index (κ1) is 13.9. The summed E-state index contributed by atoms with van der Waals surface area (Å²) in [6.07, 6.45) is 2.21. The van der Waals surface area contributed by atoms with Gasteiger partial charge in [-0.3, -0.25) is 4.79 Å². The molecule has 0 fully saturated rings. The molecule has 1 rings (SSSR count). The van der Waals surface area contributed by atoms with Gasteiger partial charge < -0.3 is 5.32 Å². The van der Waals surface area contributed by atoms with E-state index >= 15 is 0 Å². The number of rotatable bonds is 6. The summed E-state index contributed by atoms with van der Waals surface area (Å²) in [5.74, 6) is 0.155. The van der Waals surface area contributed by atoms with Crippen LogP contribution in [0.15, 0.2) is 24.3 Å². The lowest BCUT2D eigenvalue weighted by molar-refractivity contribution is 0.0884. The number of hydrogen-bond donors (Lipinski definition) is 1. The van der Waals surface area contributed by atoms with Gasteiger partial charge >= 0.3 is 0 Å². The number of ketones is 1. The third-order valence-corrected chi connectivity index (χ3v) is 2.94. The highest BCUT2D eigenvalue weighted by Crippen LogP contribution is 2.14. The van der Waals surface area contributed by atoms with Crippen LogP contribution in [0.2, 0.25) is 0 Å². The highest BCUT2D eigenvalue weighted by atomic mass is 16.1. The minimum atomic E-state index is -0.485. The Labute approximate surface area is 104 Å². The van der Waals surface area contributed by atoms with E-state index < -0.39 is 5.54 Å². The molecule has 0 radical (unpaired) electrons. The molecule has 0 unspecified atom stereocenters. The molecule has 2 nitrogen and oxygen atoms in total. The fraction of sp³-hybridized carbons (Fsp3) is 0.533. The van der Waals surface area contributed by atoms with Crippen molar-refractivity contribution in [1.82, 2.24) is 5.32 Å². The Balaban J connectivity index is 2.82. The lowest BCUT2D eigenvalue weighted by Crippen LogP contribution is -2.46. The summed E-state index contributed by atoms with van der Waals surface area (Å²) in [5, 5.41) is 3.21. The third kappa shape index (κ3) is 3.67. The van der Waals surface area contributed by atoms with Crippen LogP contribution in [0.4, 0.5) is 0 Å². The van der Waals surface area contributed by atoms with Gasteiger partial charge in [0.1, 0.15) is 0 Å². The van der Waals surface area contributed by atoms with Crippen LogP contribution in [0, 0.1) is 0 Å². The van der Waals surface area contributed by atoms with E-state index in [9.17, 15) is 4.79 Å². The first-order valence-corrected chi connectivity index (χ1v) is 6.40. The number of carbonyl (C=O) groups is 1. The second-order valence-corrected chi connectivity index (χ2v) is 4.93. The number of carbonyl (C=O) groups excluding carboxylic acids is 1. The van der Waals surface area contributed by atoms with E-state index in [1.54, 1.807) is 0 Å². The van der Waals surface area contributed by atoms with Crippen LogP contribution in [0.25, 0.3) is 0 Å². The van der Waals surface area contributed by atoms with Crippen LogP contribution in [0.3, 0.4) is 0 Å². The fourth-order valence-corrected chi connectivity index (χ4v) is 1.99. The van der Waals surface area contributed by atoms with Crippen LogP contribution < -0.4 is 5.32 Å². The van der Waals surface area contributed by atoms with Gasteiger partial charge in [-0.2, -0.15) is 0 Å². The molecule has 0 saturated heterocycles. The van der Waals surface area contributed by atoms with Crippen molar-refractivity contribution >= 4 is 5.78 Å². The van der Waals surface area contributed by atoms with Gasteiger partial charge in [0.2, 0.25) is 0 Å². The summed E-state index contributed by atoms with van der Waals surface area (Å²) >= 11 is 0. The van der Waals surface area contributed by atoms with Gasteiger partial charge in [-0.25, -0.2) is 0 Å². The molecule has 0 aliphatic heterocycles. The monoisotopic (exact) mass is 233 g/mol. The standard InChI is InChI=1S/C15H23NO/c1-5-7-12-8-10-13(11-9-12)14(17)15(3,4)16-6-2/h8-11,16H,5-7H2,1-4H3.